The quantitative estimate of drug-likeness (QED) is 0.615. The van der Waals surface area contributed by atoms with Crippen LogP contribution in [0.1, 0.15) is 25.5 Å². The van der Waals surface area contributed by atoms with E-state index in [-0.39, 0.29) is 0 Å². The van der Waals surface area contributed by atoms with Crippen LogP contribution in [0.25, 0.3) is 27.6 Å². The maximum Gasteiger partial charge on any atom is 0.177 e. The molecule has 5 nitrogen and oxygen atoms in total. The lowest BCUT2D eigenvalue weighted by atomic mass is 10.2. The van der Waals surface area contributed by atoms with Crippen LogP contribution in [0.2, 0.25) is 0 Å². The minimum absolute atomic E-state index is 0.855. The summed E-state index contributed by atoms with van der Waals surface area (Å²) in [6.07, 6.45) is 5.01. The van der Waals surface area contributed by atoms with E-state index < -0.39 is 0 Å². The molecular formula is C19H19N5. The first-order valence-electron chi connectivity index (χ1n) is 8.30. The van der Waals surface area contributed by atoms with Crippen LogP contribution in [0.4, 0.5) is 0 Å². The SMILES string of the molecule is CCCCc1n[nH]n2c1nc1ccccc1ncc1ccccc12. The highest BCUT2D eigenvalue weighted by atomic mass is 15.4. The Kier molecular flexibility index (Phi) is 3.83. The average Bonchev–Trinajstić information content (AvgIpc) is 3.03. The molecule has 0 saturated carbocycles. The molecular weight excluding hydrogens is 298 g/mol. The lowest BCUT2D eigenvalue weighted by molar-refractivity contribution is 0.768. The molecule has 2 aromatic heterocycles. The number of unbranched alkanes of at least 4 members (excludes halogenated alkanes) is 1. The van der Waals surface area contributed by atoms with Crippen molar-refractivity contribution in [3.8, 4) is 0 Å². The summed E-state index contributed by atoms with van der Waals surface area (Å²) in [5.74, 6) is 0. The number of fused-ring (bicyclic) bond motifs is 4. The summed E-state index contributed by atoms with van der Waals surface area (Å²) in [5.41, 5.74) is 4.57. The lowest BCUT2D eigenvalue weighted by Gasteiger charge is -1.97. The molecule has 0 amide bonds. The number of aryl methyl sites for hydroxylation is 1. The van der Waals surface area contributed by atoms with Crippen LogP contribution >= 0.6 is 0 Å². The number of hydrogen-bond acceptors (Lipinski definition) is 3. The summed E-state index contributed by atoms with van der Waals surface area (Å²) < 4.78 is 1.95. The van der Waals surface area contributed by atoms with E-state index in [4.69, 9.17) is 4.98 Å². The van der Waals surface area contributed by atoms with Crippen molar-refractivity contribution in [3.05, 3.63) is 60.4 Å². The number of rotatable bonds is 3. The zero-order chi connectivity index (χ0) is 16.4. The van der Waals surface area contributed by atoms with Gasteiger partial charge in [0.05, 0.1) is 16.6 Å². The van der Waals surface area contributed by atoms with Gasteiger partial charge in [0.1, 0.15) is 5.69 Å². The lowest BCUT2D eigenvalue weighted by Crippen LogP contribution is -1.91. The number of hydrogen-bond donors (Lipinski definition) is 1. The Morgan fingerprint density at radius 2 is 1.79 bits per heavy atom. The molecule has 0 unspecified atom stereocenters. The monoisotopic (exact) mass is 317 g/mol. The molecule has 2 aromatic carbocycles. The van der Waals surface area contributed by atoms with E-state index in [9.17, 15) is 0 Å². The smallest absolute Gasteiger partial charge is 0.177 e. The zero-order valence-electron chi connectivity index (χ0n) is 13.6. The number of aromatic amines is 1. The summed E-state index contributed by atoms with van der Waals surface area (Å²) in [5, 5.41) is 8.68. The molecule has 0 saturated heterocycles. The van der Waals surface area contributed by atoms with E-state index in [1.165, 1.54) is 0 Å². The molecule has 4 rings (SSSR count). The van der Waals surface area contributed by atoms with Crippen molar-refractivity contribution in [2.24, 2.45) is 0 Å². The van der Waals surface area contributed by atoms with Gasteiger partial charge >= 0.3 is 0 Å². The van der Waals surface area contributed by atoms with Gasteiger partial charge in [0.25, 0.3) is 0 Å². The predicted octanol–water partition coefficient (Wildman–Crippen LogP) is 4.23. The first-order valence-corrected chi connectivity index (χ1v) is 8.30. The molecule has 0 fully saturated rings. The van der Waals surface area contributed by atoms with Gasteiger partial charge in [-0.15, -0.1) is 0 Å². The first kappa shape index (κ1) is 14.6. The topological polar surface area (TPSA) is 58.9 Å². The van der Waals surface area contributed by atoms with E-state index in [2.05, 4.69) is 34.4 Å². The summed E-state index contributed by atoms with van der Waals surface area (Å²) in [4.78, 5) is 9.53. The van der Waals surface area contributed by atoms with Crippen molar-refractivity contribution >= 4 is 27.6 Å². The molecule has 0 aliphatic rings. The Balaban J connectivity index is 2.19. The minimum Gasteiger partial charge on any atom is -0.254 e. The average molecular weight is 317 g/mol. The largest absolute Gasteiger partial charge is 0.254 e. The van der Waals surface area contributed by atoms with Crippen LogP contribution in [-0.4, -0.2) is 24.8 Å². The molecule has 4 aromatic rings. The standard InChI is InChI=1S/C19H19N5/c1-2-3-9-17-19-21-16-11-6-5-10-15(16)20-13-14-8-4-7-12-18(14)24(19)23-22-17/h4-8,10-13,23H,2-3,9H2,1H3. The Morgan fingerprint density at radius 1 is 1.00 bits per heavy atom. The van der Waals surface area contributed by atoms with Crippen LogP contribution in [0.15, 0.2) is 54.7 Å². The fourth-order valence-electron chi connectivity index (χ4n) is 2.85. The molecule has 120 valence electrons. The van der Waals surface area contributed by atoms with Gasteiger partial charge in [-0.3, -0.25) is 4.98 Å². The fourth-order valence-corrected chi connectivity index (χ4v) is 2.85. The molecule has 0 bridgehead atoms. The van der Waals surface area contributed by atoms with Crippen LogP contribution in [0, 0.1) is 0 Å². The maximum absolute atomic E-state index is 4.89. The van der Waals surface area contributed by atoms with Gasteiger partial charge in [0, 0.05) is 11.6 Å². The second-order valence-electron chi connectivity index (χ2n) is 5.84. The van der Waals surface area contributed by atoms with Crippen molar-refractivity contribution in [2.75, 3.05) is 0 Å². The number of aromatic nitrogens is 5. The predicted molar refractivity (Wildman–Crippen MR) is 96.4 cm³/mol. The zero-order valence-corrected chi connectivity index (χ0v) is 13.6. The third kappa shape index (κ3) is 2.58. The third-order valence-electron chi connectivity index (χ3n) is 4.15. The van der Waals surface area contributed by atoms with Crippen LogP contribution in [0.5, 0.6) is 0 Å². The number of nitrogens with one attached hydrogen (secondary N) is 1. The summed E-state index contributed by atoms with van der Waals surface area (Å²) in [7, 11) is 0. The van der Waals surface area contributed by atoms with Crippen molar-refractivity contribution in [1.29, 1.82) is 0 Å². The van der Waals surface area contributed by atoms with Crippen molar-refractivity contribution in [1.82, 2.24) is 24.8 Å². The van der Waals surface area contributed by atoms with E-state index in [0.29, 0.717) is 0 Å². The van der Waals surface area contributed by atoms with E-state index in [0.717, 1.165) is 52.5 Å². The summed E-state index contributed by atoms with van der Waals surface area (Å²) in [6.45, 7) is 2.18. The second kappa shape index (κ2) is 6.28. The Bertz CT molecular complexity index is 1060. The van der Waals surface area contributed by atoms with Gasteiger partial charge in [0.15, 0.2) is 5.65 Å². The van der Waals surface area contributed by atoms with Gasteiger partial charge < -0.3 is 0 Å². The van der Waals surface area contributed by atoms with E-state index >= 15 is 0 Å². The van der Waals surface area contributed by atoms with Gasteiger partial charge in [-0.25, -0.2) is 14.7 Å². The number of H-pyrrole nitrogens is 1. The molecule has 0 aliphatic carbocycles. The summed E-state index contributed by atoms with van der Waals surface area (Å²) >= 11 is 0. The van der Waals surface area contributed by atoms with E-state index in [1.807, 2.05) is 47.1 Å². The van der Waals surface area contributed by atoms with Gasteiger partial charge in [-0.1, -0.05) is 43.7 Å². The van der Waals surface area contributed by atoms with Crippen molar-refractivity contribution in [3.63, 3.8) is 0 Å². The maximum atomic E-state index is 4.89. The normalized spacial score (nSPS) is 11.2. The van der Waals surface area contributed by atoms with Gasteiger partial charge in [0.2, 0.25) is 0 Å². The Hall–Kier alpha value is -2.95. The van der Waals surface area contributed by atoms with Crippen LogP contribution in [0.3, 0.4) is 0 Å². The van der Waals surface area contributed by atoms with Crippen LogP contribution < -0.4 is 0 Å². The minimum atomic E-state index is 0.855. The van der Waals surface area contributed by atoms with Gasteiger partial charge in [-0.05, 0) is 31.0 Å². The molecule has 2 heterocycles. The fraction of sp³-hybridized carbons (Fsp3) is 0.211. The third-order valence-corrected chi connectivity index (χ3v) is 4.15. The number of benzene rings is 2. The van der Waals surface area contributed by atoms with Crippen molar-refractivity contribution in [2.45, 2.75) is 26.2 Å². The Morgan fingerprint density at radius 3 is 2.67 bits per heavy atom. The molecule has 0 radical (unpaired) electrons. The molecule has 1 N–H and O–H groups in total. The second-order valence-corrected chi connectivity index (χ2v) is 5.84. The van der Waals surface area contributed by atoms with E-state index in [1.54, 1.807) is 0 Å². The molecule has 24 heavy (non-hydrogen) atoms. The molecule has 0 aliphatic heterocycles. The first-order chi connectivity index (χ1) is 11.9. The highest BCUT2D eigenvalue weighted by Gasteiger charge is 2.07. The number of nitrogens with zero attached hydrogens (tertiary/aromatic N) is 4. The summed E-state index contributed by atoms with van der Waals surface area (Å²) in [6, 6.07) is 16.1. The van der Waals surface area contributed by atoms with Crippen LogP contribution in [-0.2, 0) is 6.42 Å². The highest BCUT2D eigenvalue weighted by Crippen LogP contribution is 2.16. The van der Waals surface area contributed by atoms with Gasteiger partial charge in [-0.2, -0.15) is 5.10 Å². The van der Waals surface area contributed by atoms with Crippen molar-refractivity contribution < 1.29 is 0 Å². The highest BCUT2D eigenvalue weighted by molar-refractivity contribution is 5.81. The molecule has 5 heteroatoms. The molecule has 0 atom stereocenters. The molecule has 0 spiro atoms. The number of para-hydroxylation sites is 3. The Labute approximate surface area is 139 Å².